The standard InChI is InChI=1S/C50H46N2O8/c1-3-41(33-17-9-5-10-18-33)51(35-25-29-39(30-26-35)59-37-21-13-7-14-22-37)47(53)43-44(46(50(57)58)45(43)49(55)56)48(54)52(42(4-2)34-19-11-6-12-20-34)36-27-31-40(32-28-36)60-38-23-15-8-16-24-38/h5-32,41-46H,3-4H2,1-2H3,(H,55,56)(H,57,58)/t41-,42-,43?,44?,45?,46?/m1/s1. The molecule has 2 amide bonds. The van der Waals surface area contributed by atoms with Crippen LogP contribution in [-0.2, 0) is 19.2 Å². The normalized spacial score (nSPS) is 17.9. The maximum absolute atomic E-state index is 15.4. The maximum atomic E-state index is 15.4. The van der Waals surface area contributed by atoms with Gasteiger partial charge in [0.1, 0.15) is 23.0 Å². The lowest BCUT2D eigenvalue weighted by atomic mass is 9.55. The van der Waals surface area contributed by atoms with Crippen molar-refractivity contribution in [1.29, 1.82) is 0 Å². The molecule has 1 aliphatic carbocycles. The fraction of sp³-hybridized carbons (Fsp3) is 0.200. The monoisotopic (exact) mass is 802 g/mol. The molecule has 6 aromatic rings. The lowest BCUT2D eigenvalue weighted by molar-refractivity contribution is -0.180. The largest absolute Gasteiger partial charge is 0.481 e. The molecule has 0 spiro atoms. The zero-order valence-electron chi connectivity index (χ0n) is 33.3. The molecule has 0 saturated heterocycles. The summed E-state index contributed by atoms with van der Waals surface area (Å²) in [4.78, 5) is 60.1. The third kappa shape index (κ3) is 8.63. The summed E-state index contributed by atoms with van der Waals surface area (Å²) in [7, 11) is 0. The first-order valence-electron chi connectivity index (χ1n) is 20.1. The van der Waals surface area contributed by atoms with Gasteiger partial charge in [-0.1, -0.05) is 111 Å². The van der Waals surface area contributed by atoms with Gasteiger partial charge in [0.2, 0.25) is 11.8 Å². The Bertz CT molecular complexity index is 2210. The highest BCUT2D eigenvalue weighted by atomic mass is 16.5. The van der Waals surface area contributed by atoms with Crippen LogP contribution in [0.25, 0.3) is 0 Å². The first kappa shape index (κ1) is 41.0. The van der Waals surface area contributed by atoms with Crippen molar-refractivity contribution >= 4 is 35.1 Å². The lowest BCUT2D eigenvalue weighted by Crippen LogP contribution is -2.65. The van der Waals surface area contributed by atoms with Crippen LogP contribution in [0.15, 0.2) is 170 Å². The first-order chi connectivity index (χ1) is 29.2. The molecule has 7 rings (SSSR count). The van der Waals surface area contributed by atoms with Crippen LogP contribution < -0.4 is 19.3 Å². The molecule has 10 nitrogen and oxygen atoms in total. The molecule has 60 heavy (non-hydrogen) atoms. The minimum atomic E-state index is -1.68. The van der Waals surface area contributed by atoms with Gasteiger partial charge in [0.25, 0.3) is 0 Å². The number of para-hydroxylation sites is 2. The Morgan fingerprint density at radius 3 is 1.00 bits per heavy atom. The number of nitrogens with zero attached hydrogens (tertiary/aromatic N) is 2. The molecule has 4 unspecified atom stereocenters. The van der Waals surface area contributed by atoms with E-state index in [4.69, 9.17) is 9.47 Å². The predicted molar refractivity (Wildman–Crippen MR) is 229 cm³/mol. The van der Waals surface area contributed by atoms with Crippen molar-refractivity contribution < 1.29 is 38.9 Å². The van der Waals surface area contributed by atoms with Gasteiger partial charge < -0.3 is 29.5 Å². The van der Waals surface area contributed by atoms with Gasteiger partial charge in [-0.25, -0.2) is 0 Å². The molecule has 0 bridgehead atoms. The number of hydrogen-bond donors (Lipinski definition) is 2. The quantitative estimate of drug-likeness (QED) is 0.0988. The van der Waals surface area contributed by atoms with E-state index in [1.165, 1.54) is 9.80 Å². The molecule has 304 valence electrons. The molecule has 0 aromatic heterocycles. The highest BCUT2D eigenvalue weighted by Crippen LogP contribution is 2.51. The van der Waals surface area contributed by atoms with Crippen LogP contribution in [0.2, 0.25) is 0 Å². The Hall–Kier alpha value is -7.20. The van der Waals surface area contributed by atoms with Crippen LogP contribution in [0.1, 0.15) is 49.9 Å². The van der Waals surface area contributed by atoms with E-state index in [1.54, 1.807) is 48.5 Å². The summed E-state index contributed by atoms with van der Waals surface area (Å²) in [6, 6.07) is 49.7. The number of anilines is 2. The zero-order valence-corrected chi connectivity index (χ0v) is 33.3. The van der Waals surface area contributed by atoms with Crippen LogP contribution in [0.5, 0.6) is 23.0 Å². The van der Waals surface area contributed by atoms with Crippen LogP contribution in [-0.4, -0.2) is 34.0 Å². The van der Waals surface area contributed by atoms with Gasteiger partial charge in [0.05, 0.1) is 35.8 Å². The van der Waals surface area contributed by atoms with Crippen molar-refractivity contribution in [3.05, 3.63) is 181 Å². The molecule has 1 aliphatic rings. The fourth-order valence-corrected chi connectivity index (χ4v) is 8.30. The van der Waals surface area contributed by atoms with Gasteiger partial charge in [-0.3, -0.25) is 19.2 Å². The number of carboxylic acid groups (broad SMARTS) is 2. The van der Waals surface area contributed by atoms with Crippen LogP contribution >= 0.6 is 0 Å². The summed E-state index contributed by atoms with van der Waals surface area (Å²) < 4.78 is 12.1. The van der Waals surface area contributed by atoms with Crippen LogP contribution in [0.3, 0.4) is 0 Å². The number of ether oxygens (including phenoxy) is 2. The van der Waals surface area contributed by atoms with Crippen molar-refractivity contribution in [2.75, 3.05) is 9.80 Å². The highest BCUT2D eigenvalue weighted by molar-refractivity contribution is 6.09. The molecule has 1 saturated carbocycles. The van der Waals surface area contributed by atoms with E-state index < -0.39 is 59.5 Å². The lowest BCUT2D eigenvalue weighted by Gasteiger charge is -2.50. The number of benzene rings is 6. The summed E-state index contributed by atoms with van der Waals surface area (Å²) in [5, 5.41) is 21.3. The Morgan fingerprint density at radius 2 is 0.717 bits per heavy atom. The molecule has 0 aliphatic heterocycles. The second-order valence-corrected chi connectivity index (χ2v) is 14.7. The molecular formula is C50H46N2O8. The fourth-order valence-electron chi connectivity index (χ4n) is 8.30. The molecule has 6 aromatic carbocycles. The topological polar surface area (TPSA) is 134 Å². The molecular weight excluding hydrogens is 757 g/mol. The van der Waals surface area contributed by atoms with E-state index in [0.717, 1.165) is 11.1 Å². The van der Waals surface area contributed by atoms with Gasteiger partial charge >= 0.3 is 11.9 Å². The van der Waals surface area contributed by atoms with Gasteiger partial charge in [-0.2, -0.15) is 0 Å². The minimum Gasteiger partial charge on any atom is -0.481 e. The van der Waals surface area contributed by atoms with E-state index in [1.807, 2.05) is 135 Å². The Kier molecular flexibility index (Phi) is 12.7. The highest BCUT2D eigenvalue weighted by Gasteiger charge is 2.65. The number of rotatable bonds is 16. The molecule has 0 radical (unpaired) electrons. The number of carbonyl (C=O) groups is 4. The molecule has 10 heteroatoms. The maximum Gasteiger partial charge on any atom is 0.308 e. The van der Waals surface area contributed by atoms with Crippen molar-refractivity contribution in [3.63, 3.8) is 0 Å². The van der Waals surface area contributed by atoms with Crippen LogP contribution in [0, 0.1) is 23.7 Å². The molecule has 2 N–H and O–H groups in total. The van der Waals surface area contributed by atoms with E-state index in [0.29, 0.717) is 47.2 Å². The predicted octanol–water partition coefficient (Wildman–Crippen LogP) is 10.6. The summed E-state index contributed by atoms with van der Waals surface area (Å²) in [6.45, 7) is 3.84. The molecule has 0 heterocycles. The van der Waals surface area contributed by atoms with Crippen molar-refractivity contribution in [2.24, 2.45) is 23.7 Å². The van der Waals surface area contributed by atoms with Crippen molar-refractivity contribution in [1.82, 2.24) is 0 Å². The zero-order chi connectivity index (χ0) is 42.2. The summed E-state index contributed by atoms with van der Waals surface area (Å²) in [5.74, 6) is -8.39. The third-order valence-electron chi connectivity index (χ3n) is 11.1. The molecule has 1 fully saturated rings. The Balaban J connectivity index is 1.31. The Labute approximate surface area is 349 Å². The summed E-state index contributed by atoms with van der Waals surface area (Å²) >= 11 is 0. The van der Waals surface area contributed by atoms with E-state index in [9.17, 15) is 19.8 Å². The van der Waals surface area contributed by atoms with Gasteiger partial charge in [-0.15, -0.1) is 0 Å². The first-order valence-corrected chi connectivity index (χ1v) is 20.1. The average molecular weight is 803 g/mol. The van der Waals surface area contributed by atoms with Gasteiger partial charge in [-0.05, 0) is 96.8 Å². The van der Waals surface area contributed by atoms with Gasteiger partial charge in [0.15, 0.2) is 0 Å². The van der Waals surface area contributed by atoms with Crippen LogP contribution in [0.4, 0.5) is 11.4 Å². The van der Waals surface area contributed by atoms with E-state index in [2.05, 4.69) is 0 Å². The van der Waals surface area contributed by atoms with E-state index in [-0.39, 0.29) is 0 Å². The Morgan fingerprint density at radius 1 is 0.433 bits per heavy atom. The smallest absolute Gasteiger partial charge is 0.308 e. The summed E-state index contributed by atoms with van der Waals surface area (Å²) in [6.07, 6.45) is 0.859. The SMILES string of the molecule is CC[C@H](c1ccccc1)N(C(=O)C1C(C(=O)O)C(C(=O)O)C1C(=O)N(c1ccc(Oc2ccccc2)cc1)[C@H](CC)c1ccccc1)c1ccc(Oc2ccccc2)cc1. The number of aliphatic carboxylic acids is 2. The number of amides is 2. The average Bonchev–Trinajstić information content (AvgIpc) is 3.26. The third-order valence-corrected chi connectivity index (χ3v) is 11.1. The molecule has 6 atom stereocenters. The second-order valence-electron chi connectivity index (χ2n) is 14.7. The van der Waals surface area contributed by atoms with E-state index >= 15 is 9.59 Å². The van der Waals surface area contributed by atoms with Gasteiger partial charge in [0, 0.05) is 11.4 Å². The number of carboxylic acids is 2. The number of carbonyl (C=O) groups excluding carboxylic acids is 2. The minimum absolute atomic E-state index is 0.429. The second kappa shape index (κ2) is 18.6. The van der Waals surface area contributed by atoms with Crippen molar-refractivity contribution in [3.8, 4) is 23.0 Å². The van der Waals surface area contributed by atoms with Crippen molar-refractivity contribution in [2.45, 2.75) is 38.8 Å². The number of hydrogen-bond acceptors (Lipinski definition) is 6. The summed E-state index contributed by atoms with van der Waals surface area (Å²) in [5.41, 5.74) is 2.45.